The minimum Gasteiger partial charge on any atom is -0.341 e. The van der Waals surface area contributed by atoms with Crippen molar-refractivity contribution in [2.75, 3.05) is 24.5 Å². The van der Waals surface area contributed by atoms with Crippen molar-refractivity contribution in [3.8, 4) is 11.3 Å². The lowest BCUT2D eigenvalue weighted by Gasteiger charge is -2.42. The summed E-state index contributed by atoms with van der Waals surface area (Å²) >= 11 is 0. The molecule has 4 heteroatoms. The molecule has 0 unspecified atom stereocenters. The van der Waals surface area contributed by atoms with E-state index in [0.29, 0.717) is 6.04 Å². The highest BCUT2D eigenvalue weighted by atomic mass is 15.3. The van der Waals surface area contributed by atoms with E-state index in [1.807, 2.05) is 20.0 Å². The number of fused-ring (bicyclic) bond motifs is 1. The fraction of sp³-hybridized carbons (Fsp3) is 0.677. The Labute approximate surface area is 215 Å². The Kier molecular flexibility index (Phi) is 9.75. The molecule has 2 aromatic rings. The van der Waals surface area contributed by atoms with Gasteiger partial charge in [0.1, 0.15) is 0 Å². The first kappa shape index (κ1) is 27.6. The van der Waals surface area contributed by atoms with Gasteiger partial charge in [0.15, 0.2) is 0 Å². The Morgan fingerprint density at radius 1 is 0.914 bits per heavy atom. The number of hydrogen-bond donors (Lipinski definition) is 1. The van der Waals surface area contributed by atoms with E-state index in [1.54, 1.807) is 0 Å². The molecule has 1 saturated heterocycles. The van der Waals surface area contributed by atoms with Crippen LogP contribution in [0.1, 0.15) is 111 Å². The number of rotatable bonds is 8. The molecule has 1 aliphatic carbocycles. The second kappa shape index (κ2) is 12.3. The van der Waals surface area contributed by atoms with Crippen molar-refractivity contribution in [2.45, 2.75) is 117 Å². The molecule has 2 aliphatic rings. The average Bonchev–Trinajstić information content (AvgIpc) is 2.88. The van der Waals surface area contributed by atoms with Crippen LogP contribution in [0.5, 0.6) is 0 Å². The van der Waals surface area contributed by atoms with Crippen LogP contribution in [-0.2, 0) is 10.8 Å². The molecular formula is C31H50N4. The minimum atomic E-state index is 0.210. The van der Waals surface area contributed by atoms with Gasteiger partial charge in [0, 0.05) is 30.9 Å². The van der Waals surface area contributed by atoms with E-state index in [2.05, 4.69) is 74.1 Å². The predicted molar refractivity (Wildman–Crippen MR) is 151 cm³/mol. The molecule has 35 heavy (non-hydrogen) atoms. The van der Waals surface area contributed by atoms with E-state index >= 15 is 0 Å². The second-order valence-electron chi connectivity index (χ2n) is 11.5. The highest BCUT2D eigenvalue weighted by molar-refractivity contribution is 5.64. The summed E-state index contributed by atoms with van der Waals surface area (Å²) in [5.74, 6) is 0.881. The van der Waals surface area contributed by atoms with Gasteiger partial charge in [-0.25, -0.2) is 9.97 Å². The van der Waals surface area contributed by atoms with Crippen molar-refractivity contribution in [1.29, 1.82) is 0 Å². The van der Waals surface area contributed by atoms with Crippen LogP contribution in [0.4, 0.5) is 5.95 Å². The molecule has 1 aliphatic heterocycles. The van der Waals surface area contributed by atoms with Crippen molar-refractivity contribution in [1.82, 2.24) is 15.3 Å². The third-order valence-electron chi connectivity index (χ3n) is 8.03. The topological polar surface area (TPSA) is 41.0 Å². The quantitative estimate of drug-likeness (QED) is 0.395. The first-order chi connectivity index (χ1) is 16.8. The second-order valence-corrected chi connectivity index (χ2v) is 11.5. The number of hydrogen-bond acceptors (Lipinski definition) is 4. The van der Waals surface area contributed by atoms with E-state index in [-0.39, 0.29) is 10.8 Å². The van der Waals surface area contributed by atoms with Gasteiger partial charge >= 0.3 is 0 Å². The number of nitrogens with one attached hydrogen (secondary N) is 1. The largest absolute Gasteiger partial charge is 0.341 e. The minimum absolute atomic E-state index is 0.210. The number of benzene rings is 1. The Balaban J connectivity index is 0.00000167. The summed E-state index contributed by atoms with van der Waals surface area (Å²) in [4.78, 5) is 12.0. The maximum atomic E-state index is 5.02. The van der Waals surface area contributed by atoms with Crippen molar-refractivity contribution in [3.63, 3.8) is 0 Å². The number of unbranched alkanes of at least 4 members (excludes halogenated alkanes) is 3. The fourth-order valence-electron chi connectivity index (χ4n) is 5.55. The van der Waals surface area contributed by atoms with Crippen LogP contribution in [0.25, 0.3) is 11.3 Å². The Hall–Kier alpha value is -1.94. The fourth-order valence-corrected chi connectivity index (χ4v) is 5.55. The highest BCUT2D eigenvalue weighted by Gasteiger charge is 2.37. The number of nitrogens with zero attached hydrogens (tertiary/aromatic N) is 3. The zero-order valence-corrected chi connectivity index (χ0v) is 23.6. The van der Waals surface area contributed by atoms with Gasteiger partial charge in [0.05, 0.1) is 5.69 Å². The monoisotopic (exact) mass is 478 g/mol. The van der Waals surface area contributed by atoms with Gasteiger partial charge in [0.2, 0.25) is 5.95 Å². The molecule has 0 bridgehead atoms. The zero-order chi connectivity index (χ0) is 25.5. The van der Waals surface area contributed by atoms with Gasteiger partial charge in [-0.2, -0.15) is 0 Å². The van der Waals surface area contributed by atoms with Crippen molar-refractivity contribution >= 4 is 5.95 Å². The average molecular weight is 479 g/mol. The van der Waals surface area contributed by atoms with Crippen LogP contribution in [0.15, 0.2) is 30.5 Å². The van der Waals surface area contributed by atoms with Gasteiger partial charge < -0.3 is 10.2 Å². The molecule has 2 heterocycles. The van der Waals surface area contributed by atoms with Crippen LogP contribution in [0, 0.1) is 0 Å². The summed E-state index contributed by atoms with van der Waals surface area (Å²) in [6.45, 7) is 19.0. The van der Waals surface area contributed by atoms with Crippen LogP contribution in [-0.4, -0.2) is 35.6 Å². The lowest BCUT2D eigenvalue weighted by atomic mass is 9.63. The van der Waals surface area contributed by atoms with E-state index in [4.69, 9.17) is 4.98 Å². The molecule has 0 amide bonds. The van der Waals surface area contributed by atoms with E-state index in [1.165, 1.54) is 68.1 Å². The Morgan fingerprint density at radius 2 is 1.60 bits per heavy atom. The normalized spacial score (nSPS) is 19.0. The van der Waals surface area contributed by atoms with Crippen molar-refractivity contribution < 1.29 is 0 Å². The summed E-state index contributed by atoms with van der Waals surface area (Å²) < 4.78 is 0. The van der Waals surface area contributed by atoms with Gasteiger partial charge in [0.25, 0.3) is 0 Å². The molecular weight excluding hydrogens is 428 g/mol. The summed E-state index contributed by atoms with van der Waals surface area (Å²) in [5, 5.41) is 3.77. The van der Waals surface area contributed by atoms with Crippen molar-refractivity contribution in [2.24, 2.45) is 0 Å². The van der Waals surface area contributed by atoms with Crippen molar-refractivity contribution in [3.05, 3.63) is 41.6 Å². The summed E-state index contributed by atoms with van der Waals surface area (Å²) in [7, 11) is 0. The lowest BCUT2D eigenvalue weighted by Crippen LogP contribution is -2.43. The lowest BCUT2D eigenvalue weighted by molar-refractivity contribution is 0.332. The molecule has 0 spiro atoms. The molecule has 0 radical (unpaired) electrons. The number of anilines is 1. The molecule has 4 nitrogen and oxygen atoms in total. The molecule has 1 fully saturated rings. The number of aromatic nitrogens is 2. The standard InChI is InChI=1S/C29H44N4.C2H6/c1-6-7-8-9-17-30-23-13-19-33(20-14-23)27-31-18-12-26(32-27)22-10-11-24-25(21-22)29(4,5)16-15-28(24,2)3;1-2/h10-12,18,21,23,30H,6-9,13-17,19-20H2,1-5H3;1-2H3. The van der Waals surface area contributed by atoms with E-state index in [0.717, 1.165) is 31.3 Å². The first-order valence-corrected chi connectivity index (χ1v) is 14.3. The molecule has 1 aromatic carbocycles. The highest BCUT2D eigenvalue weighted by Crippen LogP contribution is 2.46. The van der Waals surface area contributed by atoms with Crippen LogP contribution in [0.2, 0.25) is 0 Å². The maximum absolute atomic E-state index is 5.02. The molecule has 194 valence electrons. The van der Waals surface area contributed by atoms with E-state index < -0.39 is 0 Å². The molecule has 1 aromatic heterocycles. The maximum Gasteiger partial charge on any atom is 0.225 e. The smallest absolute Gasteiger partial charge is 0.225 e. The zero-order valence-electron chi connectivity index (χ0n) is 23.6. The Bertz CT molecular complexity index is 925. The van der Waals surface area contributed by atoms with Gasteiger partial charge in [-0.1, -0.05) is 79.9 Å². The third-order valence-corrected chi connectivity index (χ3v) is 8.03. The SMILES string of the molecule is CC.CCCCCCNC1CCN(c2nccc(-c3ccc4c(c3)C(C)(C)CCC4(C)C)n2)CC1. The van der Waals surface area contributed by atoms with Crippen LogP contribution >= 0.6 is 0 Å². The predicted octanol–water partition coefficient (Wildman–Crippen LogP) is 7.66. The summed E-state index contributed by atoms with van der Waals surface area (Å²) in [6, 6.07) is 9.72. The summed E-state index contributed by atoms with van der Waals surface area (Å²) in [5.41, 5.74) is 5.70. The molecule has 4 rings (SSSR count). The molecule has 1 N–H and O–H groups in total. The summed E-state index contributed by atoms with van der Waals surface area (Å²) in [6.07, 6.45) is 12.1. The molecule has 0 atom stereocenters. The van der Waals surface area contributed by atoms with Crippen LogP contribution < -0.4 is 10.2 Å². The Morgan fingerprint density at radius 3 is 2.29 bits per heavy atom. The van der Waals surface area contributed by atoms with Gasteiger partial charge in [-0.3, -0.25) is 0 Å². The van der Waals surface area contributed by atoms with Gasteiger partial charge in [-0.15, -0.1) is 0 Å². The van der Waals surface area contributed by atoms with Gasteiger partial charge in [-0.05, 0) is 72.7 Å². The molecule has 0 saturated carbocycles. The van der Waals surface area contributed by atoms with Crippen LogP contribution in [0.3, 0.4) is 0 Å². The van der Waals surface area contributed by atoms with E-state index in [9.17, 15) is 0 Å². The third kappa shape index (κ3) is 6.84. The number of piperidine rings is 1. The first-order valence-electron chi connectivity index (χ1n) is 14.3.